The van der Waals surface area contributed by atoms with Crippen molar-refractivity contribution in [2.24, 2.45) is 11.7 Å². The van der Waals surface area contributed by atoms with Crippen LogP contribution in [-0.4, -0.2) is 55.3 Å². The van der Waals surface area contributed by atoms with Gasteiger partial charge in [-0.15, -0.1) is 11.8 Å². The molecule has 0 saturated carbocycles. The molecule has 0 bridgehead atoms. The van der Waals surface area contributed by atoms with Crippen molar-refractivity contribution in [1.82, 2.24) is 9.62 Å². The molecule has 1 heterocycles. The molecule has 4 N–H and O–H groups in total. The molecular formula is C18H26FN3O5S2. The molecule has 1 saturated heterocycles. The number of hydrogen-bond donors (Lipinski definition) is 3. The number of thioether (sulfide) groups is 1. The van der Waals surface area contributed by atoms with Gasteiger partial charge in [0.15, 0.2) is 0 Å². The van der Waals surface area contributed by atoms with Crippen LogP contribution in [0.15, 0.2) is 24.3 Å². The minimum absolute atomic E-state index is 0.00896. The summed E-state index contributed by atoms with van der Waals surface area (Å²) in [5.74, 6) is -0.899. The first-order chi connectivity index (χ1) is 13.7. The lowest BCUT2D eigenvalue weighted by molar-refractivity contribution is -0.146. The SMILES string of the molecule is CC(C)[C@H](N)C(=O)OCC[C@H](NC(=O)[C@@H]1SCCN1S(=O)O)c1ccc(F)cc1. The zero-order chi connectivity index (χ0) is 21.6. The molecule has 2 rings (SSSR count). The number of nitrogens with zero attached hydrogens (tertiary/aromatic N) is 1. The molecule has 0 aromatic heterocycles. The number of hydrogen-bond acceptors (Lipinski definition) is 6. The highest BCUT2D eigenvalue weighted by atomic mass is 32.2. The normalized spacial score (nSPS) is 20.3. The zero-order valence-corrected chi connectivity index (χ0v) is 17.9. The van der Waals surface area contributed by atoms with E-state index in [-0.39, 0.29) is 18.9 Å². The summed E-state index contributed by atoms with van der Waals surface area (Å²) in [5.41, 5.74) is 6.39. The molecule has 1 aliphatic heterocycles. The summed E-state index contributed by atoms with van der Waals surface area (Å²) in [6, 6.07) is 4.30. The van der Waals surface area contributed by atoms with Gasteiger partial charge >= 0.3 is 5.97 Å². The topological polar surface area (TPSA) is 122 Å². The van der Waals surface area contributed by atoms with E-state index in [4.69, 9.17) is 10.5 Å². The van der Waals surface area contributed by atoms with Crippen molar-refractivity contribution >= 4 is 34.9 Å². The third-order valence-corrected chi connectivity index (χ3v) is 6.63. The fourth-order valence-electron chi connectivity index (χ4n) is 2.73. The predicted octanol–water partition coefficient (Wildman–Crippen LogP) is 1.41. The van der Waals surface area contributed by atoms with Gasteiger partial charge in [0.2, 0.25) is 17.2 Å². The van der Waals surface area contributed by atoms with Crippen LogP contribution in [0.2, 0.25) is 0 Å². The number of halogens is 1. The van der Waals surface area contributed by atoms with Crippen LogP contribution in [0.4, 0.5) is 4.39 Å². The van der Waals surface area contributed by atoms with Crippen LogP contribution in [0, 0.1) is 11.7 Å². The molecule has 162 valence electrons. The van der Waals surface area contributed by atoms with Crippen molar-refractivity contribution in [2.45, 2.75) is 37.7 Å². The number of carbonyl (C=O) groups excluding carboxylic acids is 2. The van der Waals surface area contributed by atoms with E-state index in [1.54, 1.807) is 0 Å². The van der Waals surface area contributed by atoms with E-state index in [1.807, 2.05) is 13.8 Å². The minimum Gasteiger partial charge on any atom is -0.464 e. The Labute approximate surface area is 176 Å². The lowest BCUT2D eigenvalue weighted by Crippen LogP contribution is -2.44. The summed E-state index contributed by atoms with van der Waals surface area (Å²) in [6.45, 7) is 3.94. The van der Waals surface area contributed by atoms with Crippen LogP contribution in [0.5, 0.6) is 0 Å². The second-order valence-corrected chi connectivity index (χ2v) is 9.05. The molecule has 1 unspecified atom stereocenters. The van der Waals surface area contributed by atoms with E-state index in [1.165, 1.54) is 40.3 Å². The first kappa shape index (κ1) is 23.7. The molecule has 1 aromatic rings. The number of ether oxygens (including phenoxy) is 1. The Morgan fingerprint density at radius 2 is 2.07 bits per heavy atom. The quantitative estimate of drug-likeness (QED) is 0.386. The fourth-order valence-corrected chi connectivity index (χ4v) is 4.77. The average Bonchev–Trinajstić information content (AvgIpc) is 3.17. The molecule has 1 amide bonds. The highest BCUT2D eigenvalue weighted by Crippen LogP contribution is 2.26. The summed E-state index contributed by atoms with van der Waals surface area (Å²) >= 11 is -0.995. The first-order valence-corrected chi connectivity index (χ1v) is 11.3. The van der Waals surface area contributed by atoms with E-state index in [0.717, 1.165) is 0 Å². The van der Waals surface area contributed by atoms with Crippen LogP contribution in [0.25, 0.3) is 0 Å². The highest BCUT2D eigenvalue weighted by Gasteiger charge is 2.36. The number of nitrogens with two attached hydrogens (primary N) is 1. The highest BCUT2D eigenvalue weighted by molar-refractivity contribution is 8.01. The van der Waals surface area contributed by atoms with Crippen molar-refractivity contribution in [3.63, 3.8) is 0 Å². The van der Waals surface area contributed by atoms with Crippen LogP contribution < -0.4 is 11.1 Å². The number of nitrogens with one attached hydrogen (secondary N) is 1. The Kier molecular flexibility index (Phi) is 9.03. The van der Waals surface area contributed by atoms with Gasteiger partial charge in [0.05, 0.1) is 12.6 Å². The number of amides is 1. The van der Waals surface area contributed by atoms with Gasteiger partial charge in [0, 0.05) is 18.7 Å². The summed E-state index contributed by atoms with van der Waals surface area (Å²) in [6.07, 6.45) is 0.244. The van der Waals surface area contributed by atoms with Gasteiger partial charge in [0.25, 0.3) is 0 Å². The summed E-state index contributed by atoms with van der Waals surface area (Å²) in [7, 11) is 0. The zero-order valence-electron chi connectivity index (χ0n) is 16.2. The average molecular weight is 448 g/mol. The van der Waals surface area contributed by atoms with Gasteiger partial charge in [-0.25, -0.2) is 8.60 Å². The second kappa shape index (κ2) is 11.0. The first-order valence-electron chi connectivity index (χ1n) is 9.18. The van der Waals surface area contributed by atoms with Crippen LogP contribution >= 0.6 is 11.8 Å². The lowest BCUT2D eigenvalue weighted by atomic mass is 10.0. The van der Waals surface area contributed by atoms with Crippen LogP contribution in [0.3, 0.4) is 0 Å². The van der Waals surface area contributed by atoms with Crippen molar-refractivity contribution < 1.29 is 27.5 Å². The monoisotopic (exact) mass is 447 g/mol. The van der Waals surface area contributed by atoms with Gasteiger partial charge in [-0.1, -0.05) is 26.0 Å². The molecule has 0 spiro atoms. The largest absolute Gasteiger partial charge is 0.464 e. The van der Waals surface area contributed by atoms with Gasteiger partial charge < -0.3 is 15.8 Å². The molecule has 29 heavy (non-hydrogen) atoms. The molecule has 1 aliphatic rings. The molecule has 1 aromatic carbocycles. The number of carbonyl (C=O) groups is 2. The maximum absolute atomic E-state index is 13.3. The van der Waals surface area contributed by atoms with Crippen LogP contribution in [-0.2, 0) is 25.6 Å². The van der Waals surface area contributed by atoms with Crippen molar-refractivity contribution in [2.75, 3.05) is 18.9 Å². The van der Waals surface area contributed by atoms with Gasteiger partial charge in [-0.3, -0.25) is 14.1 Å². The van der Waals surface area contributed by atoms with Crippen LogP contribution in [0.1, 0.15) is 31.9 Å². The van der Waals surface area contributed by atoms with Gasteiger partial charge in [-0.05, 0) is 23.6 Å². The predicted molar refractivity (Wildman–Crippen MR) is 109 cm³/mol. The molecule has 1 fully saturated rings. The molecule has 11 heteroatoms. The summed E-state index contributed by atoms with van der Waals surface area (Å²) in [5, 5.41) is 2.01. The molecule has 0 radical (unpaired) electrons. The Morgan fingerprint density at radius 1 is 1.41 bits per heavy atom. The van der Waals surface area contributed by atoms with E-state index >= 15 is 0 Å². The Bertz CT molecular complexity index is 735. The Hall–Kier alpha value is -1.53. The number of rotatable bonds is 9. The second-order valence-electron chi connectivity index (χ2n) is 6.93. The fraction of sp³-hybridized carbons (Fsp3) is 0.556. The number of benzene rings is 1. The third kappa shape index (κ3) is 6.75. The lowest BCUT2D eigenvalue weighted by Gasteiger charge is -2.24. The maximum Gasteiger partial charge on any atom is 0.323 e. The van der Waals surface area contributed by atoms with Gasteiger partial charge in [0.1, 0.15) is 17.2 Å². The summed E-state index contributed by atoms with van der Waals surface area (Å²) < 4.78 is 40.4. The molecular weight excluding hydrogens is 421 g/mol. The van der Waals surface area contributed by atoms with E-state index in [0.29, 0.717) is 17.9 Å². The third-order valence-electron chi connectivity index (χ3n) is 4.50. The van der Waals surface area contributed by atoms with E-state index in [2.05, 4.69) is 5.32 Å². The number of esters is 1. The molecule has 0 aliphatic carbocycles. The Morgan fingerprint density at radius 3 is 2.66 bits per heavy atom. The smallest absolute Gasteiger partial charge is 0.323 e. The van der Waals surface area contributed by atoms with Crippen molar-refractivity contribution in [3.05, 3.63) is 35.6 Å². The van der Waals surface area contributed by atoms with Gasteiger partial charge in [-0.2, -0.15) is 4.31 Å². The Balaban J connectivity index is 2.05. The van der Waals surface area contributed by atoms with Crippen molar-refractivity contribution in [1.29, 1.82) is 0 Å². The molecule has 4 atom stereocenters. The molecule has 8 nitrogen and oxygen atoms in total. The van der Waals surface area contributed by atoms with E-state index < -0.39 is 46.4 Å². The standard InChI is InChI=1S/C18H26FN3O5S2/c1-11(2)15(20)18(24)27-9-7-14(12-3-5-13(19)6-4-12)21-16(23)17-22(29(25)26)8-10-28-17/h3-6,11,14-15,17H,7-10,20H2,1-2H3,(H,21,23)(H,25,26)/t14-,15-,17-/m0/s1. The summed E-state index contributed by atoms with van der Waals surface area (Å²) in [4.78, 5) is 24.6. The van der Waals surface area contributed by atoms with Crippen molar-refractivity contribution in [3.8, 4) is 0 Å². The maximum atomic E-state index is 13.3. The minimum atomic E-state index is -2.26. The van der Waals surface area contributed by atoms with E-state index in [9.17, 15) is 22.7 Å².